The molecule has 8 nitrogen and oxygen atoms in total. The number of ketones is 2. The van der Waals surface area contributed by atoms with Gasteiger partial charge in [0.2, 0.25) is 0 Å². The van der Waals surface area contributed by atoms with E-state index in [2.05, 4.69) is 0 Å². The van der Waals surface area contributed by atoms with Crippen LogP contribution in [0.4, 0.5) is 0 Å². The van der Waals surface area contributed by atoms with E-state index in [4.69, 9.17) is 4.74 Å². The number of aliphatic hydroxyl groups is 1. The zero-order valence-corrected chi connectivity index (χ0v) is 18.0. The number of aliphatic hydroxyl groups excluding tert-OH is 1. The molecule has 3 aliphatic carbocycles. The third-order valence-corrected chi connectivity index (χ3v) is 7.12. The Morgan fingerprint density at radius 2 is 1.85 bits per heavy atom. The molecule has 1 aromatic carbocycles. The first-order chi connectivity index (χ1) is 15.8. The molecule has 170 valence electrons. The van der Waals surface area contributed by atoms with Gasteiger partial charge in [-0.3, -0.25) is 24.4 Å². The Balaban J connectivity index is 1.71. The number of carbonyl (C=O) groups is 4. The first-order valence-electron chi connectivity index (χ1n) is 10.9. The van der Waals surface area contributed by atoms with Crippen molar-refractivity contribution in [2.45, 2.75) is 25.7 Å². The van der Waals surface area contributed by atoms with E-state index >= 15 is 0 Å². The van der Waals surface area contributed by atoms with E-state index in [0.29, 0.717) is 28.0 Å². The molecule has 0 spiro atoms. The summed E-state index contributed by atoms with van der Waals surface area (Å²) in [5, 5.41) is 19.4. The molecule has 8 heteroatoms. The number of rotatable bonds is 4. The fourth-order valence-electron chi connectivity index (χ4n) is 5.71. The molecule has 1 fully saturated rings. The summed E-state index contributed by atoms with van der Waals surface area (Å²) in [6.07, 6.45) is 3.60. The summed E-state index contributed by atoms with van der Waals surface area (Å²) in [7, 11) is 0. The van der Waals surface area contributed by atoms with Crippen LogP contribution in [-0.4, -0.2) is 52.0 Å². The summed E-state index contributed by atoms with van der Waals surface area (Å²) in [5.41, 5.74) is 2.49. The summed E-state index contributed by atoms with van der Waals surface area (Å²) in [6, 6.07) is 7.12. The monoisotopic (exact) mass is 449 g/mol. The summed E-state index contributed by atoms with van der Waals surface area (Å²) in [4.78, 5) is 51.6. The molecule has 5 rings (SSSR count). The lowest BCUT2D eigenvalue weighted by atomic mass is 9.59. The van der Waals surface area contributed by atoms with Crippen LogP contribution in [0.25, 0.3) is 0 Å². The van der Waals surface area contributed by atoms with Crippen molar-refractivity contribution in [2.75, 3.05) is 13.2 Å². The van der Waals surface area contributed by atoms with Crippen molar-refractivity contribution in [1.82, 2.24) is 5.06 Å². The van der Waals surface area contributed by atoms with Gasteiger partial charge in [-0.15, -0.1) is 0 Å². The Morgan fingerprint density at radius 1 is 1.09 bits per heavy atom. The van der Waals surface area contributed by atoms with Gasteiger partial charge in [-0.05, 0) is 37.8 Å². The summed E-state index contributed by atoms with van der Waals surface area (Å²) < 4.78 is 5.75. The zero-order valence-electron chi connectivity index (χ0n) is 18.0. The number of carbonyl (C=O) groups excluding carboxylic acids is 4. The number of allylic oxidation sites excluding steroid dienone is 6. The Labute approximate surface area is 189 Å². The quantitative estimate of drug-likeness (QED) is 0.312. The minimum Gasteiger partial charge on any atom is -0.491 e. The van der Waals surface area contributed by atoms with Gasteiger partial charge in [-0.25, -0.2) is 0 Å². The third kappa shape index (κ3) is 3.13. The van der Waals surface area contributed by atoms with Gasteiger partial charge in [0.05, 0.1) is 18.4 Å². The molecule has 2 N–H and O–H groups in total. The van der Waals surface area contributed by atoms with Gasteiger partial charge in [0.25, 0.3) is 11.8 Å². The average Bonchev–Trinajstić information content (AvgIpc) is 3.04. The number of benzene rings is 1. The second kappa shape index (κ2) is 7.90. The highest BCUT2D eigenvalue weighted by Crippen LogP contribution is 2.55. The molecule has 0 unspecified atom stereocenters. The zero-order chi connectivity index (χ0) is 23.4. The molecule has 0 aromatic heterocycles. The first kappa shape index (κ1) is 21.5. The number of hydrogen-bond donors (Lipinski definition) is 2. The number of fused-ring (bicyclic) bond motifs is 3. The van der Waals surface area contributed by atoms with Crippen LogP contribution in [0.15, 0.2) is 58.7 Å². The van der Waals surface area contributed by atoms with E-state index in [1.54, 1.807) is 25.1 Å². The highest BCUT2D eigenvalue weighted by atomic mass is 16.5. The fraction of sp³-hybridized carbons (Fsp3) is 0.360. The second-order valence-corrected chi connectivity index (χ2v) is 8.83. The lowest BCUT2D eigenvalue weighted by Gasteiger charge is -2.42. The third-order valence-electron chi connectivity index (χ3n) is 7.12. The number of hydroxylamine groups is 2. The molecule has 0 radical (unpaired) electrons. The number of nitrogens with zero attached hydrogens (tertiary/aromatic N) is 1. The normalized spacial score (nSPS) is 28.9. The van der Waals surface area contributed by atoms with Crippen molar-refractivity contribution in [2.24, 2.45) is 17.8 Å². The predicted octanol–water partition coefficient (Wildman–Crippen LogP) is 1.88. The number of hydrogen-bond acceptors (Lipinski definition) is 7. The van der Waals surface area contributed by atoms with Crippen LogP contribution in [0.3, 0.4) is 0 Å². The maximum atomic E-state index is 13.3. The first-order valence-corrected chi connectivity index (χ1v) is 10.9. The molecular formula is C25H23NO7. The molecule has 1 heterocycles. The molecule has 2 amide bonds. The van der Waals surface area contributed by atoms with E-state index < -0.39 is 35.5 Å². The summed E-state index contributed by atoms with van der Waals surface area (Å²) >= 11 is 0. The molecule has 1 aliphatic heterocycles. The molecular weight excluding hydrogens is 426 g/mol. The molecule has 0 bridgehead atoms. The van der Waals surface area contributed by atoms with Crippen LogP contribution >= 0.6 is 0 Å². The van der Waals surface area contributed by atoms with Crippen molar-refractivity contribution >= 4 is 23.4 Å². The SMILES string of the molecule is CC1=CC(=O)C2=C(C1=O)[C@@H](c1ccccc1OCCO)C1=CC[C@@H]3C(=O)N(O)C(=O)[C@@H]3[C@@H]1C2. The lowest BCUT2D eigenvalue weighted by molar-refractivity contribution is -0.173. The standard InChI is InChI=1S/C25H23NO7/c1-12-10-18(28)17-11-16-13(6-7-15-21(16)25(31)26(32)24(15)30)20(22(17)23(12)29)14-4-2-3-5-19(14)33-9-8-27/h2-6,10,15-16,20-21,27,32H,7-9,11H2,1H3/t15-,16+,20+,21-/m0/s1. The summed E-state index contributed by atoms with van der Waals surface area (Å²) in [6.45, 7) is 1.47. The van der Waals surface area contributed by atoms with Crippen LogP contribution in [0.2, 0.25) is 0 Å². The van der Waals surface area contributed by atoms with Gasteiger partial charge >= 0.3 is 0 Å². The van der Waals surface area contributed by atoms with Gasteiger partial charge in [-0.1, -0.05) is 29.8 Å². The van der Waals surface area contributed by atoms with Gasteiger partial charge in [0.1, 0.15) is 12.4 Å². The van der Waals surface area contributed by atoms with Crippen LogP contribution in [0, 0.1) is 17.8 Å². The Hall–Kier alpha value is -3.36. The van der Waals surface area contributed by atoms with Crippen molar-refractivity contribution in [3.05, 3.63) is 64.3 Å². The van der Waals surface area contributed by atoms with E-state index in [1.165, 1.54) is 6.08 Å². The summed E-state index contributed by atoms with van der Waals surface area (Å²) in [5.74, 6) is -3.96. The largest absolute Gasteiger partial charge is 0.491 e. The van der Waals surface area contributed by atoms with E-state index in [0.717, 1.165) is 5.57 Å². The topological polar surface area (TPSA) is 121 Å². The Morgan fingerprint density at radius 3 is 2.61 bits per heavy atom. The number of Topliss-reactive ketones (excluding diaryl/α,β-unsaturated/α-hetero) is 1. The molecule has 33 heavy (non-hydrogen) atoms. The molecule has 4 atom stereocenters. The van der Waals surface area contributed by atoms with Crippen molar-refractivity contribution in [3.8, 4) is 5.75 Å². The van der Waals surface area contributed by atoms with Crippen molar-refractivity contribution < 1.29 is 34.2 Å². The lowest BCUT2D eigenvalue weighted by Crippen LogP contribution is -2.39. The Bertz CT molecular complexity index is 1190. The van der Waals surface area contributed by atoms with Crippen LogP contribution < -0.4 is 4.74 Å². The fourth-order valence-corrected chi connectivity index (χ4v) is 5.71. The maximum Gasteiger partial charge on any atom is 0.257 e. The van der Waals surface area contributed by atoms with E-state index in [1.807, 2.05) is 12.1 Å². The number of para-hydroxylation sites is 1. The van der Waals surface area contributed by atoms with Crippen LogP contribution in [0.1, 0.15) is 31.2 Å². The second-order valence-electron chi connectivity index (χ2n) is 8.83. The van der Waals surface area contributed by atoms with Crippen molar-refractivity contribution in [1.29, 1.82) is 0 Å². The highest BCUT2D eigenvalue weighted by molar-refractivity contribution is 6.23. The molecule has 0 saturated carbocycles. The molecule has 1 saturated heterocycles. The molecule has 1 aromatic rings. The maximum absolute atomic E-state index is 13.3. The predicted molar refractivity (Wildman–Crippen MR) is 114 cm³/mol. The van der Waals surface area contributed by atoms with Crippen LogP contribution in [-0.2, 0) is 19.2 Å². The minimum absolute atomic E-state index is 0.0566. The van der Waals surface area contributed by atoms with Gasteiger partial charge in [-0.2, -0.15) is 5.06 Å². The highest BCUT2D eigenvalue weighted by Gasteiger charge is 2.56. The van der Waals surface area contributed by atoms with Gasteiger partial charge in [0, 0.05) is 28.2 Å². The minimum atomic E-state index is -0.792. The smallest absolute Gasteiger partial charge is 0.257 e. The molecule has 4 aliphatic rings. The van der Waals surface area contributed by atoms with E-state index in [-0.39, 0.29) is 42.7 Å². The van der Waals surface area contributed by atoms with Crippen LogP contribution in [0.5, 0.6) is 5.75 Å². The number of imide groups is 1. The Kier molecular flexibility index (Phi) is 5.14. The van der Waals surface area contributed by atoms with Gasteiger partial charge < -0.3 is 9.84 Å². The van der Waals surface area contributed by atoms with Crippen molar-refractivity contribution in [3.63, 3.8) is 0 Å². The van der Waals surface area contributed by atoms with E-state index in [9.17, 15) is 29.5 Å². The number of ether oxygens (including phenoxy) is 1. The average molecular weight is 449 g/mol. The number of amides is 2. The van der Waals surface area contributed by atoms with Gasteiger partial charge in [0.15, 0.2) is 11.6 Å².